The first-order valence-electron chi connectivity index (χ1n) is 5.63. The molecule has 94 valence electrons. The fourth-order valence-electron chi connectivity index (χ4n) is 1.96. The monoisotopic (exact) mass is 316 g/mol. The van der Waals surface area contributed by atoms with Crippen molar-refractivity contribution in [2.75, 3.05) is 0 Å². The molecule has 0 bridgehead atoms. The lowest BCUT2D eigenvalue weighted by molar-refractivity contribution is 0.455. The van der Waals surface area contributed by atoms with E-state index < -0.39 is 0 Å². The summed E-state index contributed by atoms with van der Waals surface area (Å²) in [7, 11) is 0. The lowest BCUT2D eigenvalue weighted by Crippen LogP contribution is -2.17. The van der Waals surface area contributed by atoms with Gasteiger partial charge in [-0.25, -0.2) is 0 Å². The van der Waals surface area contributed by atoms with Crippen LogP contribution in [0.2, 0.25) is 0 Å². The molecular weight excluding hydrogens is 308 g/mol. The molecule has 19 heavy (non-hydrogen) atoms. The van der Waals surface area contributed by atoms with E-state index in [-0.39, 0.29) is 17.0 Å². The van der Waals surface area contributed by atoms with Gasteiger partial charge in [0.05, 0.1) is 0 Å². The summed E-state index contributed by atoms with van der Waals surface area (Å²) in [6.07, 6.45) is 1.64. The average Bonchev–Trinajstić information content (AvgIpc) is 2.41. The molecular formula is C14H9BrN2O2. The molecule has 0 spiro atoms. The molecule has 0 aliphatic rings. The van der Waals surface area contributed by atoms with Gasteiger partial charge in [0, 0.05) is 10.7 Å². The minimum Gasteiger partial charge on any atom is -0.493 e. The Balaban J connectivity index is 2.41. The number of aromatic hydroxyl groups is 1. The van der Waals surface area contributed by atoms with E-state index in [0.29, 0.717) is 11.2 Å². The molecule has 3 rings (SSSR count). The number of hydrogen-bond acceptors (Lipinski definition) is 3. The quantitative estimate of drug-likeness (QED) is 0.751. The number of hydrogen-bond donors (Lipinski definition) is 1. The van der Waals surface area contributed by atoms with Crippen molar-refractivity contribution in [3.8, 4) is 17.0 Å². The van der Waals surface area contributed by atoms with Gasteiger partial charge in [-0.1, -0.05) is 30.3 Å². The van der Waals surface area contributed by atoms with Gasteiger partial charge in [-0.2, -0.15) is 4.98 Å². The van der Waals surface area contributed by atoms with Gasteiger partial charge in [0.15, 0.2) is 0 Å². The van der Waals surface area contributed by atoms with Gasteiger partial charge in [-0.3, -0.25) is 9.20 Å². The molecule has 3 aromatic rings. The van der Waals surface area contributed by atoms with Crippen LogP contribution in [0.15, 0.2) is 57.9 Å². The minimum atomic E-state index is -0.296. The van der Waals surface area contributed by atoms with Crippen LogP contribution in [0.1, 0.15) is 0 Å². The van der Waals surface area contributed by atoms with Gasteiger partial charge in [0.1, 0.15) is 11.2 Å². The molecule has 4 nitrogen and oxygen atoms in total. The second kappa shape index (κ2) is 4.51. The summed E-state index contributed by atoms with van der Waals surface area (Å²) in [5.74, 6) is -0.251. The molecule has 0 aliphatic heterocycles. The van der Waals surface area contributed by atoms with Crippen molar-refractivity contribution in [1.29, 1.82) is 0 Å². The van der Waals surface area contributed by atoms with Crippen LogP contribution in [-0.4, -0.2) is 14.5 Å². The van der Waals surface area contributed by atoms with Crippen molar-refractivity contribution in [3.05, 3.63) is 63.5 Å². The Morgan fingerprint density at radius 1 is 1.11 bits per heavy atom. The Kier molecular flexibility index (Phi) is 2.83. The predicted octanol–water partition coefficient (Wildman–Crippen LogP) is 2.83. The smallest absolute Gasteiger partial charge is 0.269 e. The first kappa shape index (κ1) is 11.9. The third-order valence-corrected chi connectivity index (χ3v) is 3.30. The van der Waals surface area contributed by atoms with E-state index in [1.54, 1.807) is 30.5 Å². The molecule has 2 aromatic heterocycles. The van der Waals surface area contributed by atoms with E-state index >= 15 is 0 Å². The van der Waals surface area contributed by atoms with Gasteiger partial charge < -0.3 is 5.11 Å². The molecule has 0 atom stereocenters. The summed E-state index contributed by atoms with van der Waals surface area (Å²) in [6.45, 7) is 0. The lowest BCUT2D eigenvalue weighted by Gasteiger charge is -2.07. The number of halogens is 1. The number of pyridine rings is 1. The number of rotatable bonds is 1. The van der Waals surface area contributed by atoms with Crippen molar-refractivity contribution >= 4 is 21.6 Å². The first-order valence-corrected chi connectivity index (χ1v) is 6.42. The number of fused-ring (bicyclic) bond motifs is 1. The van der Waals surface area contributed by atoms with Gasteiger partial charge in [-0.15, -0.1) is 0 Å². The van der Waals surface area contributed by atoms with E-state index in [2.05, 4.69) is 20.9 Å². The normalized spacial score (nSPS) is 10.8. The fourth-order valence-corrected chi connectivity index (χ4v) is 2.30. The van der Waals surface area contributed by atoms with Gasteiger partial charge in [0.2, 0.25) is 5.88 Å². The molecule has 0 fully saturated rings. The fraction of sp³-hybridized carbons (Fsp3) is 0. The zero-order valence-electron chi connectivity index (χ0n) is 9.75. The molecule has 1 N–H and O–H groups in total. The van der Waals surface area contributed by atoms with Crippen molar-refractivity contribution in [1.82, 2.24) is 9.38 Å². The molecule has 0 saturated carbocycles. The summed E-state index contributed by atoms with van der Waals surface area (Å²) in [5.41, 5.74) is 0.962. The number of benzene rings is 1. The Bertz CT molecular complexity index is 813. The highest BCUT2D eigenvalue weighted by atomic mass is 79.9. The summed E-state index contributed by atoms with van der Waals surface area (Å²) >= 11 is 3.32. The SMILES string of the molecule is O=c1c(-c2ccccc2)c(O)nc2ccc(Br)cn12. The van der Waals surface area contributed by atoms with E-state index in [1.165, 1.54) is 4.40 Å². The molecule has 0 radical (unpaired) electrons. The zero-order valence-corrected chi connectivity index (χ0v) is 11.3. The second-order valence-electron chi connectivity index (χ2n) is 4.06. The van der Waals surface area contributed by atoms with E-state index in [0.717, 1.165) is 4.47 Å². The summed E-state index contributed by atoms with van der Waals surface area (Å²) in [5, 5.41) is 9.98. The maximum Gasteiger partial charge on any atom is 0.269 e. The second-order valence-corrected chi connectivity index (χ2v) is 4.97. The molecule has 0 unspecified atom stereocenters. The van der Waals surface area contributed by atoms with Crippen LogP contribution in [0.4, 0.5) is 0 Å². The Hall–Kier alpha value is -2.14. The Morgan fingerprint density at radius 3 is 2.58 bits per heavy atom. The average molecular weight is 317 g/mol. The van der Waals surface area contributed by atoms with Crippen LogP contribution >= 0.6 is 15.9 Å². The molecule has 5 heteroatoms. The van der Waals surface area contributed by atoms with Crippen LogP contribution in [0.5, 0.6) is 5.88 Å². The summed E-state index contributed by atoms with van der Waals surface area (Å²) in [4.78, 5) is 16.5. The van der Waals surface area contributed by atoms with Gasteiger partial charge in [0.25, 0.3) is 5.56 Å². The van der Waals surface area contributed by atoms with Crippen LogP contribution in [-0.2, 0) is 0 Å². The maximum absolute atomic E-state index is 12.4. The summed E-state index contributed by atoms with van der Waals surface area (Å²) < 4.78 is 2.18. The molecule has 2 heterocycles. The standard InChI is InChI=1S/C14H9BrN2O2/c15-10-6-7-11-16-13(18)12(14(19)17(11)8-10)9-4-2-1-3-5-9/h1-8,18H. The highest BCUT2D eigenvalue weighted by Gasteiger charge is 2.13. The van der Waals surface area contributed by atoms with Gasteiger partial charge >= 0.3 is 0 Å². The zero-order chi connectivity index (χ0) is 13.4. The lowest BCUT2D eigenvalue weighted by atomic mass is 10.1. The van der Waals surface area contributed by atoms with Crippen molar-refractivity contribution in [2.24, 2.45) is 0 Å². The van der Waals surface area contributed by atoms with E-state index in [1.807, 2.05) is 18.2 Å². The summed E-state index contributed by atoms with van der Waals surface area (Å²) in [6, 6.07) is 12.4. The van der Waals surface area contributed by atoms with E-state index in [9.17, 15) is 9.90 Å². The van der Waals surface area contributed by atoms with Crippen LogP contribution in [0, 0.1) is 0 Å². The minimum absolute atomic E-state index is 0.205. The van der Waals surface area contributed by atoms with Crippen molar-refractivity contribution in [2.45, 2.75) is 0 Å². The van der Waals surface area contributed by atoms with Crippen LogP contribution in [0.25, 0.3) is 16.8 Å². The van der Waals surface area contributed by atoms with E-state index in [4.69, 9.17) is 0 Å². The van der Waals surface area contributed by atoms with Crippen molar-refractivity contribution < 1.29 is 5.11 Å². The number of nitrogens with zero attached hydrogens (tertiary/aromatic N) is 2. The molecule has 0 saturated heterocycles. The third kappa shape index (κ3) is 2.02. The third-order valence-electron chi connectivity index (χ3n) is 2.83. The van der Waals surface area contributed by atoms with Crippen LogP contribution in [0.3, 0.4) is 0 Å². The van der Waals surface area contributed by atoms with Crippen LogP contribution < -0.4 is 5.56 Å². The molecule has 1 aromatic carbocycles. The Morgan fingerprint density at radius 2 is 1.84 bits per heavy atom. The first-order chi connectivity index (χ1) is 9.16. The van der Waals surface area contributed by atoms with Crippen molar-refractivity contribution in [3.63, 3.8) is 0 Å². The highest BCUT2D eigenvalue weighted by Crippen LogP contribution is 2.24. The highest BCUT2D eigenvalue weighted by molar-refractivity contribution is 9.10. The topological polar surface area (TPSA) is 54.6 Å². The Labute approximate surface area is 117 Å². The van der Waals surface area contributed by atoms with Gasteiger partial charge in [-0.05, 0) is 33.6 Å². The number of aromatic nitrogens is 2. The molecule has 0 aliphatic carbocycles. The maximum atomic E-state index is 12.4. The predicted molar refractivity (Wildman–Crippen MR) is 76.3 cm³/mol. The molecule has 0 amide bonds. The largest absolute Gasteiger partial charge is 0.493 e.